The van der Waals surface area contributed by atoms with E-state index in [1.807, 2.05) is 6.07 Å². The number of azo groups is 1. The molecule has 1 aliphatic rings. The van der Waals surface area contributed by atoms with Crippen molar-refractivity contribution in [2.45, 2.75) is 17.5 Å². The van der Waals surface area contributed by atoms with Gasteiger partial charge in [-0.3, -0.25) is 4.79 Å². The Kier molecular flexibility index (Phi) is 5.27. The largest absolute Gasteiger partial charge is 0.392 e. The van der Waals surface area contributed by atoms with Crippen molar-refractivity contribution in [1.29, 1.82) is 5.26 Å². The van der Waals surface area contributed by atoms with Gasteiger partial charge in [-0.15, -0.1) is 0 Å². The third-order valence-electron chi connectivity index (χ3n) is 3.86. The van der Waals surface area contributed by atoms with E-state index in [-0.39, 0.29) is 21.9 Å². The molecule has 0 saturated carbocycles. The number of nitrogens with two attached hydrogens (primary N) is 1. The van der Waals surface area contributed by atoms with Crippen molar-refractivity contribution < 1.29 is 18.3 Å². The highest BCUT2D eigenvalue weighted by atomic mass is 32.2. The molecule has 1 amide bonds. The Hall–Kier alpha value is -3.46. The average Bonchev–Trinajstić information content (AvgIpc) is 3.01. The Morgan fingerprint density at radius 1 is 1.25 bits per heavy atom. The van der Waals surface area contributed by atoms with E-state index in [9.17, 15) is 23.6 Å². The van der Waals surface area contributed by atoms with Crippen LogP contribution in [-0.4, -0.2) is 31.2 Å². The number of amides is 1. The summed E-state index contributed by atoms with van der Waals surface area (Å²) in [5.41, 5.74) is 0.588. The van der Waals surface area contributed by atoms with Crippen LogP contribution < -0.4 is 10.1 Å². The Morgan fingerprint density at radius 2 is 1.96 bits per heavy atom. The van der Waals surface area contributed by atoms with Crippen molar-refractivity contribution in [2.24, 2.45) is 20.5 Å². The van der Waals surface area contributed by atoms with Crippen LogP contribution in [-0.2, 0) is 21.4 Å². The number of sulfonamides is 1. The summed E-state index contributed by atoms with van der Waals surface area (Å²) < 4.78 is 23.0. The van der Waals surface area contributed by atoms with Crippen LogP contribution in [0.2, 0.25) is 0 Å². The molecule has 0 saturated heterocycles. The fourth-order valence-corrected chi connectivity index (χ4v) is 2.99. The normalized spacial score (nSPS) is 17.0. The van der Waals surface area contributed by atoms with Crippen molar-refractivity contribution in [2.75, 3.05) is 5.01 Å². The predicted molar refractivity (Wildman–Crippen MR) is 99.0 cm³/mol. The second-order valence-corrected chi connectivity index (χ2v) is 7.26. The topological polar surface area (TPSA) is 162 Å². The van der Waals surface area contributed by atoms with Crippen molar-refractivity contribution in [3.05, 3.63) is 54.1 Å². The van der Waals surface area contributed by atoms with E-state index < -0.39 is 28.6 Å². The summed E-state index contributed by atoms with van der Waals surface area (Å²) in [6.07, 6.45) is 0. The van der Waals surface area contributed by atoms with Crippen molar-refractivity contribution in [1.82, 2.24) is 0 Å². The lowest BCUT2D eigenvalue weighted by molar-refractivity contribution is -0.117. The van der Waals surface area contributed by atoms with Gasteiger partial charge < -0.3 is 5.11 Å². The standard InChI is InChI=1S/C17H14N6O4S/c18-9-15-16(17(25)23(22-15)12-4-2-1-3-5-12)21-20-14-8-13(28(19,26)27)7-6-11(14)10-24/h1-8,16,24H,10H2,(H2,19,26,27). The maximum Gasteiger partial charge on any atom is 0.281 e. The van der Waals surface area contributed by atoms with Gasteiger partial charge in [0, 0.05) is 5.56 Å². The number of anilines is 1. The molecule has 0 aliphatic carbocycles. The summed E-state index contributed by atoms with van der Waals surface area (Å²) in [6.45, 7) is -0.437. The van der Waals surface area contributed by atoms with E-state index in [4.69, 9.17) is 5.14 Å². The molecule has 2 aromatic carbocycles. The van der Waals surface area contributed by atoms with Crippen LogP contribution in [0.4, 0.5) is 11.4 Å². The minimum Gasteiger partial charge on any atom is -0.392 e. The molecule has 1 atom stereocenters. The zero-order valence-corrected chi connectivity index (χ0v) is 15.1. The first-order chi connectivity index (χ1) is 13.3. The Bertz CT molecular complexity index is 1120. The lowest BCUT2D eigenvalue weighted by Gasteiger charge is -2.11. The molecule has 0 radical (unpaired) electrons. The number of para-hydroxylation sites is 1. The van der Waals surface area contributed by atoms with Gasteiger partial charge >= 0.3 is 0 Å². The third kappa shape index (κ3) is 3.79. The van der Waals surface area contributed by atoms with Crippen molar-refractivity contribution >= 4 is 33.0 Å². The Morgan fingerprint density at radius 3 is 2.57 bits per heavy atom. The number of benzene rings is 2. The van der Waals surface area contributed by atoms with Crippen LogP contribution in [0.25, 0.3) is 0 Å². The molecule has 28 heavy (non-hydrogen) atoms. The summed E-state index contributed by atoms with van der Waals surface area (Å²) in [5.74, 6) is -0.584. The number of rotatable bonds is 5. The summed E-state index contributed by atoms with van der Waals surface area (Å²) in [4.78, 5) is 12.4. The second-order valence-electron chi connectivity index (χ2n) is 5.69. The minimum atomic E-state index is -3.99. The number of carbonyl (C=O) groups excluding carboxylic acids is 1. The number of nitrogens with zero attached hydrogens (tertiary/aromatic N) is 5. The van der Waals surface area contributed by atoms with E-state index in [0.29, 0.717) is 5.69 Å². The second kappa shape index (κ2) is 7.65. The van der Waals surface area contributed by atoms with E-state index >= 15 is 0 Å². The highest BCUT2D eigenvalue weighted by Gasteiger charge is 2.37. The summed E-state index contributed by atoms with van der Waals surface area (Å²) >= 11 is 0. The zero-order chi connectivity index (χ0) is 20.3. The fraction of sp³-hybridized carbons (Fsp3) is 0.118. The van der Waals surface area contributed by atoms with Gasteiger partial charge in [0.25, 0.3) is 5.91 Å². The first-order valence-corrected chi connectivity index (χ1v) is 9.45. The van der Waals surface area contributed by atoms with Gasteiger partial charge in [-0.25, -0.2) is 13.6 Å². The molecule has 142 valence electrons. The van der Waals surface area contributed by atoms with Gasteiger partial charge in [-0.05, 0) is 24.3 Å². The third-order valence-corrected chi connectivity index (χ3v) is 4.77. The van der Waals surface area contributed by atoms with Gasteiger partial charge in [0.2, 0.25) is 16.1 Å². The number of aliphatic hydroxyl groups excluding tert-OH is 1. The van der Waals surface area contributed by atoms with Crippen LogP contribution in [0.1, 0.15) is 5.56 Å². The molecule has 1 aliphatic heterocycles. The summed E-state index contributed by atoms with van der Waals surface area (Å²) in [7, 11) is -3.99. The monoisotopic (exact) mass is 398 g/mol. The van der Waals surface area contributed by atoms with E-state index in [1.165, 1.54) is 12.1 Å². The highest BCUT2D eigenvalue weighted by molar-refractivity contribution is 7.89. The molecular formula is C17H14N6O4S. The summed E-state index contributed by atoms with van der Waals surface area (Å²) in [5, 5.41) is 36.5. The SMILES string of the molecule is N#CC1=NN(c2ccccc2)C(=O)C1N=Nc1cc(S(N)(=O)=O)ccc1CO. The number of carbonyl (C=O) groups is 1. The number of nitriles is 1. The lowest BCUT2D eigenvalue weighted by Crippen LogP contribution is -2.30. The number of aliphatic hydroxyl groups is 1. The predicted octanol–water partition coefficient (Wildman–Crippen LogP) is 1.20. The van der Waals surface area contributed by atoms with Gasteiger partial charge in [-0.1, -0.05) is 24.3 Å². The average molecular weight is 398 g/mol. The number of hydrazone groups is 1. The van der Waals surface area contributed by atoms with Crippen molar-refractivity contribution in [3.63, 3.8) is 0 Å². The number of primary sulfonamides is 1. The van der Waals surface area contributed by atoms with Gasteiger partial charge in [0.05, 0.1) is 22.9 Å². The first-order valence-electron chi connectivity index (χ1n) is 7.90. The van der Waals surface area contributed by atoms with E-state index in [1.54, 1.807) is 30.3 Å². The van der Waals surface area contributed by atoms with Crippen LogP contribution in [0.3, 0.4) is 0 Å². The first kappa shape index (κ1) is 19.3. The minimum absolute atomic E-state index is 0.0114. The van der Waals surface area contributed by atoms with Crippen molar-refractivity contribution in [3.8, 4) is 6.07 Å². The smallest absolute Gasteiger partial charge is 0.281 e. The van der Waals surface area contributed by atoms with Gasteiger partial charge in [0.1, 0.15) is 6.07 Å². The van der Waals surface area contributed by atoms with Crippen LogP contribution in [0.15, 0.2) is 68.8 Å². The quantitative estimate of drug-likeness (QED) is 0.722. The van der Waals surface area contributed by atoms with Crippen LogP contribution in [0.5, 0.6) is 0 Å². The maximum absolute atomic E-state index is 12.6. The van der Waals surface area contributed by atoms with Gasteiger partial charge in [-0.2, -0.15) is 25.6 Å². The molecule has 0 fully saturated rings. The molecule has 3 N–H and O–H groups in total. The van der Waals surface area contributed by atoms with E-state index in [0.717, 1.165) is 11.1 Å². The fourth-order valence-electron chi connectivity index (χ4n) is 2.45. The molecule has 11 heteroatoms. The maximum atomic E-state index is 12.6. The Labute approximate surface area is 160 Å². The number of hydrogen-bond donors (Lipinski definition) is 2. The zero-order valence-electron chi connectivity index (χ0n) is 14.3. The van der Waals surface area contributed by atoms with Gasteiger partial charge in [0.15, 0.2) is 5.71 Å². The molecule has 2 aromatic rings. The Balaban J connectivity index is 1.95. The molecule has 10 nitrogen and oxygen atoms in total. The molecule has 0 bridgehead atoms. The van der Waals surface area contributed by atoms with E-state index in [2.05, 4.69) is 15.3 Å². The van der Waals surface area contributed by atoms with Crippen LogP contribution in [0, 0.1) is 11.3 Å². The summed E-state index contributed by atoms with van der Waals surface area (Å²) in [6, 6.07) is 12.7. The molecule has 1 unspecified atom stereocenters. The molecule has 0 aromatic heterocycles. The van der Waals surface area contributed by atoms with Crippen LogP contribution >= 0.6 is 0 Å². The molecule has 0 spiro atoms. The number of hydrogen-bond acceptors (Lipinski definition) is 8. The highest BCUT2D eigenvalue weighted by Crippen LogP contribution is 2.26. The molecular weight excluding hydrogens is 384 g/mol. The molecule has 3 rings (SSSR count). The lowest BCUT2D eigenvalue weighted by atomic mass is 10.2. The molecule has 1 heterocycles.